The fourth-order valence-corrected chi connectivity index (χ4v) is 3.11. The number of guanidine groups is 1. The first-order valence-corrected chi connectivity index (χ1v) is 10.3. The highest BCUT2D eigenvalue weighted by Crippen LogP contribution is 2.28. The molecule has 0 aromatic heterocycles. The van der Waals surface area contributed by atoms with Gasteiger partial charge in [0.2, 0.25) is 0 Å². The maximum Gasteiger partial charge on any atom is 0.191 e. The quantitative estimate of drug-likeness (QED) is 0.458. The van der Waals surface area contributed by atoms with Crippen molar-refractivity contribution in [1.29, 1.82) is 0 Å². The van der Waals surface area contributed by atoms with Gasteiger partial charge in [-0.3, -0.25) is 4.99 Å². The Labute approximate surface area is 163 Å². The maximum atomic E-state index is 5.70. The van der Waals surface area contributed by atoms with E-state index in [0.717, 1.165) is 56.5 Å². The standard InChI is InChI=1S/C21H35N3O3/c1-4-22-21(24-14-12-18-8-7-15-27-18)23-13-11-17-9-10-19(25-5-2)20(16-17)26-6-3/h9-10,16,18H,4-8,11-15H2,1-3H3,(H2,22,23,24). The molecule has 1 heterocycles. The van der Waals surface area contributed by atoms with Gasteiger partial charge in [0.25, 0.3) is 0 Å². The van der Waals surface area contributed by atoms with Crippen molar-refractivity contribution in [2.45, 2.75) is 52.6 Å². The number of nitrogens with zero attached hydrogens (tertiary/aromatic N) is 1. The molecule has 152 valence electrons. The Hall–Kier alpha value is -1.95. The van der Waals surface area contributed by atoms with Crippen LogP contribution in [0.5, 0.6) is 11.5 Å². The summed E-state index contributed by atoms with van der Waals surface area (Å²) in [5, 5.41) is 6.72. The largest absolute Gasteiger partial charge is 0.490 e. The first-order chi connectivity index (χ1) is 13.3. The van der Waals surface area contributed by atoms with Crippen molar-refractivity contribution in [1.82, 2.24) is 10.6 Å². The molecule has 1 aliphatic rings. The van der Waals surface area contributed by atoms with Crippen LogP contribution >= 0.6 is 0 Å². The first kappa shape index (κ1) is 21.4. The third-order valence-corrected chi connectivity index (χ3v) is 4.40. The number of rotatable bonds is 11. The molecule has 0 aliphatic carbocycles. The second kappa shape index (κ2) is 12.4. The number of benzene rings is 1. The highest BCUT2D eigenvalue weighted by molar-refractivity contribution is 5.79. The van der Waals surface area contributed by atoms with E-state index in [-0.39, 0.29) is 0 Å². The molecular formula is C21H35N3O3. The summed E-state index contributed by atoms with van der Waals surface area (Å²) >= 11 is 0. The molecule has 1 fully saturated rings. The van der Waals surface area contributed by atoms with Gasteiger partial charge in [-0.25, -0.2) is 0 Å². The summed E-state index contributed by atoms with van der Waals surface area (Å²) in [6.07, 6.45) is 4.62. The number of aliphatic imine (C=N–C) groups is 1. The SMILES string of the molecule is CCNC(=NCCC1CCCO1)NCCc1ccc(OCC)c(OCC)c1. The van der Waals surface area contributed by atoms with E-state index < -0.39 is 0 Å². The van der Waals surface area contributed by atoms with Crippen molar-refractivity contribution in [3.8, 4) is 11.5 Å². The molecule has 6 nitrogen and oxygen atoms in total. The van der Waals surface area contributed by atoms with E-state index in [9.17, 15) is 0 Å². The summed E-state index contributed by atoms with van der Waals surface area (Å²) in [4.78, 5) is 4.66. The molecule has 2 rings (SSSR count). The molecule has 0 amide bonds. The predicted octanol–water partition coefficient (Wildman–Crippen LogP) is 3.15. The third kappa shape index (κ3) is 7.67. The average molecular weight is 378 g/mol. The van der Waals surface area contributed by atoms with Crippen LogP contribution in [0.1, 0.15) is 45.6 Å². The van der Waals surface area contributed by atoms with Gasteiger partial charge >= 0.3 is 0 Å². The summed E-state index contributed by atoms with van der Waals surface area (Å²) in [5.74, 6) is 2.49. The van der Waals surface area contributed by atoms with Gasteiger partial charge in [0, 0.05) is 26.2 Å². The number of hydrogen-bond donors (Lipinski definition) is 2. The highest BCUT2D eigenvalue weighted by Gasteiger charge is 2.14. The van der Waals surface area contributed by atoms with Crippen molar-refractivity contribution in [3.05, 3.63) is 23.8 Å². The van der Waals surface area contributed by atoms with Gasteiger partial charge in [0.05, 0.1) is 19.3 Å². The monoisotopic (exact) mass is 377 g/mol. The molecule has 27 heavy (non-hydrogen) atoms. The van der Waals surface area contributed by atoms with Crippen LogP contribution in [0.25, 0.3) is 0 Å². The minimum Gasteiger partial charge on any atom is -0.490 e. The van der Waals surface area contributed by atoms with Crippen LogP contribution < -0.4 is 20.1 Å². The van der Waals surface area contributed by atoms with Gasteiger partial charge in [0.1, 0.15) is 0 Å². The molecule has 1 unspecified atom stereocenters. The number of nitrogens with one attached hydrogen (secondary N) is 2. The summed E-state index contributed by atoms with van der Waals surface area (Å²) in [7, 11) is 0. The van der Waals surface area contributed by atoms with Crippen molar-refractivity contribution in [3.63, 3.8) is 0 Å². The second-order valence-corrected chi connectivity index (χ2v) is 6.51. The first-order valence-electron chi connectivity index (χ1n) is 10.3. The molecule has 0 saturated carbocycles. The van der Waals surface area contributed by atoms with Gasteiger partial charge in [-0.1, -0.05) is 6.07 Å². The molecule has 1 atom stereocenters. The fourth-order valence-electron chi connectivity index (χ4n) is 3.11. The molecule has 0 bridgehead atoms. The second-order valence-electron chi connectivity index (χ2n) is 6.51. The van der Waals surface area contributed by atoms with E-state index in [0.29, 0.717) is 19.3 Å². The van der Waals surface area contributed by atoms with Gasteiger partial charge in [0.15, 0.2) is 17.5 Å². The molecule has 2 N–H and O–H groups in total. The number of hydrogen-bond acceptors (Lipinski definition) is 4. The summed E-state index contributed by atoms with van der Waals surface area (Å²) in [6.45, 7) is 10.7. The Kier molecular flexibility index (Phi) is 9.84. The van der Waals surface area contributed by atoms with E-state index in [1.807, 2.05) is 19.9 Å². The summed E-state index contributed by atoms with van der Waals surface area (Å²) in [6, 6.07) is 6.15. The van der Waals surface area contributed by atoms with Gasteiger partial charge in [-0.05, 0) is 64.2 Å². The van der Waals surface area contributed by atoms with Crippen LogP contribution in [-0.4, -0.2) is 51.5 Å². The van der Waals surface area contributed by atoms with Crippen molar-refractivity contribution >= 4 is 5.96 Å². The fraction of sp³-hybridized carbons (Fsp3) is 0.667. The molecule has 0 radical (unpaired) electrons. The lowest BCUT2D eigenvalue weighted by molar-refractivity contribution is 0.106. The zero-order valence-electron chi connectivity index (χ0n) is 17.1. The van der Waals surface area contributed by atoms with E-state index in [1.165, 1.54) is 18.4 Å². The highest BCUT2D eigenvalue weighted by atomic mass is 16.5. The predicted molar refractivity (Wildman–Crippen MR) is 110 cm³/mol. The van der Waals surface area contributed by atoms with Crippen LogP contribution in [0.15, 0.2) is 23.2 Å². The van der Waals surface area contributed by atoms with Crippen LogP contribution in [0.2, 0.25) is 0 Å². The van der Waals surface area contributed by atoms with Crippen LogP contribution in [0.3, 0.4) is 0 Å². The molecule has 6 heteroatoms. The lowest BCUT2D eigenvalue weighted by Crippen LogP contribution is -2.38. The number of ether oxygens (including phenoxy) is 3. The van der Waals surface area contributed by atoms with Crippen LogP contribution in [0, 0.1) is 0 Å². The normalized spacial score (nSPS) is 17.0. The molecule has 1 aromatic rings. The lowest BCUT2D eigenvalue weighted by atomic mass is 10.1. The Morgan fingerprint density at radius 3 is 2.67 bits per heavy atom. The van der Waals surface area contributed by atoms with Gasteiger partial charge in [-0.2, -0.15) is 0 Å². The average Bonchev–Trinajstić information content (AvgIpc) is 3.17. The van der Waals surface area contributed by atoms with Crippen LogP contribution in [0.4, 0.5) is 0 Å². The van der Waals surface area contributed by atoms with Crippen molar-refractivity contribution < 1.29 is 14.2 Å². The van der Waals surface area contributed by atoms with E-state index in [2.05, 4.69) is 34.7 Å². The molecular weight excluding hydrogens is 342 g/mol. The molecule has 1 aliphatic heterocycles. The Morgan fingerprint density at radius 2 is 1.96 bits per heavy atom. The minimum absolute atomic E-state index is 0.387. The van der Waals surface area contributed by atoms with Gasteiger partial charge < -0.3 is 24.8 Å². The lowest BCUT2D eigenvalue weighted by Gasteiger charge is -2.14. The summed E-state index contributed by atoms with van der Waals surface area (Å²) in [5.41, 5.74) is 1.21. The Morgan fingerprint density at radius 1 is 1.15 bits per heavy atom. The topological polar surface area (TPSA) is 64.1 Å². The minimum atomic E-state index is 0.387. The Balaban J connectivity index is 1.82. The molecule has 0 spiro atoms. The van der Waals surface area contributed by atoms with Crippen LogP contribution in [-0.2, 0) is 11.2 Å². The van der Waals surface area contributed by atoms with E-state index >= 15 is 0 Å². The van der Waals surface area contributed by atoms with E-state index in [4.69, 9.17) is 14.2 Å². The van der Waals surface area contributed by atoms with Crippen molar-refractivity contribution in [2.24, 2.45) is 4.99 Å². The molecule has 1 saturated heterocycles. The third-order valence-electron chi connectivity index (χ3n) is 4.40. The van der Waals surface area contributed by atoms with Gasteiger partial charge in [-0.15, -0.1) is 0 Å². The zero-order valence-corrected chi connectivity index (χ0v) is 17.1. The smallest absolute Gasteiger partial charge is 0.191 e. The Bertz CT molecular complexity index is 572. The summed E-state index contributed by atoms with van der Waals surface area (Å²) < 4.78 is 17.0. The van der Waals surface area contributed by atoms with E-state index in [1.54, 1.807) is 0 Å². The maximum absolute atomic E-state index is 5.70. The molecule has 1 aromatic carbocycles. The zero-order chi connectivity index (χ0) is 19.3. The van der Waals surface area contributed by atoms with Crippen molar-refractivity contribution in [2.75, 3.05) is 39.5 Å².